The van der Waals surface area contributed by atoms with E-state index < -0.39 is 11.2 Å². The number of Topliss-reactive ketones (excluding diaryl/α,β-unsaturated/α-hetero) is 1. The number of ketones is 1. The van der Waals surface area contributed by atoms with Crippen molar-refractivity contribution < 1.29 is 19.8 Å². The number of nitrogens with one attached hydrogen (secondary N) is 5. The quantitative estimate of drug-likeness (QED) is 0.0514. The molecule has 1 amide bonds. The van der Waals surface area contributed by atoms with E-state index in [0.717, 1.165) is 88.7 Å². The van der Waals surface area contributed by atoms with Crippen LogP contribution in [0.4, 0.5) is 17.2 Å². The molecule has 9 rings (SSSR count). The molecule has 4 aromatic heterocycles. The molecule has 0 spiro atoms. The standard InChI is InChI=1S/C25H33N7O2.C22H25BrN4O2/c1-15-10-16(4-7-19(15)24(33)30-17-5-6-17)21-13-27-23-20(28-14-25(2,3)34)11-22(31-32(21)23)29-18-8-9-26-12-18;1-13-8-15(6-7-16(13)19(28)9-14-4-5-14)18-11-24-21-17(25-12-22(2,3)29)10-20(23)26-27(18)21/h4,7,10-11,13,17-18,26,28,34H,5-6,8-9,12,14H2,1-3H3,(H,29,31)(H,30,33);6-8,10-11,14,25,29H,4-5,9,12H2,1-3H3. The predicted molar refractivity (Wildman–Crippen MR) is 251 cm³/mol. The minimum Gasteiger partial charge on any atom is -0.389 e. The smallest absolute Gasteiger partial charge is 0.251 e. The number of amides is 1. The van der Waals surface area contributed by atoms with Gasteiger partial charge in [-0.2, -0.15) is 5.10 Å². The Morgan fingerprint density at radius 1 is 0.762 bits per heavy atom. The largest absolute Gasteiger partial charge is 0.389 e. The van der Waals surface area contributed by atoms with Gasteiger partial charge in [-0.3, -0.25) is 9.59 Å². The van der Waals surface area contributed by atoms with E-state index in [1.165, 1.54) is 12.8 Å². The van der Waals surface area contributed by atoms with E-state index in [0.29, 0.717) is 59.0 Å². The lowest BCUT2D eigenvalue weighted by molar-refractivity contribution is 0.0939. The molecule has 2 aliphatic carbocycles. The number of carbonyl (C=O) groups excluding carboxylic acids is 2. The SMILES string of the molecule is Cc1cc(-c2cnc3c(NCC(C)(C)O)cc(Br)nn23)ccc1C(=O)CC1CC1.Cc1cc(-c2cnc3c(NCC(C)(C)O)cc(NC4CCNC4)nn23)ccc1C(=O)NC1CC1. The number of nitrogens with zero attached hydrogens (tertiary/aromatic N) is 6. The number of hydrogen-bond acceptors (Lipinski definition) is 12. The summed E-state index contributed by atoms with van der Waals surface area (Å²) >= 11 is 3.46. The second-order valence-electron chi connectivity index (χ2n) is 18.6. The van der Waals surface area contributed by atoms with Crippen molar-refractivity contribution in [1.29, 1.82) is 0 Å². The summed E-state index contributed by atoms with van der Waals surface area (Å²) in [5, 5.41) is 46.2. The highest BCUT2D eigenvalue weighted by molar-refractivity contribution is 9.10. The van der Waals surface area contributed by atoms with Crippen molar-refractivity contribution in [3.05, 3.63) is 87.8 Å². The summed E-state index contributed by atoms with van der Waals surface area (Å²) in [5.74, 6) is 1.54. The van der Waals surface area contributed by atoms with Gasteiger partial charge >= 0.3 is 0 Å². The molecule has 3 aliphatic rings. The maximum absolute atomic E-state index is 12.5. The van der Waals surface area contributed by atoms with E-state index in [4.69, 9.17) is 5.10 Å². The minimum absolute atomic E-state index is 0.0161. The van der Waals surface area contributed by atoms with Crippen LogP contribution in [-0.2, 0) is 0 Å². The maximum atomic E-state index is 12.5. The number of hydrogen-bond donors (Lipinski definition) is 7. The first-order chi connectivity index (χ1) is 30.0. The molecule has 16 heteroatoms. The third kappa shape index (κ3) is 11.0. The van der Waals surface area contributed by atoms with Gasteiger partial charge < -0.3 is 36.8 Å². The lowest BCUT2D eigenvalue weighted by Crippen LogP contribution is -2.29. The number of carbonyl (C=O) groups is 2. The zero-order chi connectivity index (χ0) is 44.6. The molecule has 3 fully saturated rings. The van der Waals surface area contributed by atoms with Crippen LogP contribution >= 0.6 is 15.9 Å². The van der Waals surface area contributed by atoms with Crippen LogP contribution in [0.2, 0.25) is 0 Å². The van der Waals surface area contributed by atoms with E-state index in [2.05, 4.69) is 57.6 Å². The highest BCUT2D eigenvalue weighted by Gasteiger charge is 2.27. The molecule has 15 nitrogen and oxygen atoms in total. The summed E-state index contributed by atoms with van der Waals surface area (Å²) in [6.45, 7) is 13.6. The van der Waals surface area contributed by atoms with E-state index in [1.807, 2.05) is 66.9 Å². The molecule has 1 unspecified atom stereocenters. The maximum Gasteiger partial charge on any atom is 0.251 e. The summed E-state index contributed by atoms with van der Waals surface area (Å²) in [7, 11) is 0. The zero-order valence-electron chi connectivity index (χ0n) is 36.8. The van der Waals surface area contributed by atoms with Crippen LogP contribution in [0, 0.1) is 19.8 Å². The summed E-state index contributed by atoms with van der Waals surface area (Å²) in [5.41, 5.74) is 8.19. The van der Waals surface area contributed by atoms with Crippen LogP contribution in [0.1, 0.15) is 98.1 Å². The van der Waals surface area contributed by atoms with E-state index in [9.17, 15) is 19.8 Å². The molecule has 1 atom stereocenters. The van der Waals surface area contributed by atoms with Crippen LogP contribution in [0.15, 0.2) is 65.5 Å². The molecule has 6 aromatic rings. The van der Waals surface area contributed by atoms with Crippen molar-refractivity contribution in [2.24, 2.45) is 5.92 Å². The Kier molecular flexibility index (Phi) is 12.6. The molecule has 63 heavy (non-hydrogen) atoms. The Hall–Kier alpha value is -5.42. The Balaban J connectivity index is 0.000000175. The molecular weight excluding hydrogens is 862 g/mol. The average molecular weight is 921 g/mol. The molecule has 1 saturated heterocycles. The first kappa shape index (κ1) is 44.2. The molecule has 0 radical (unpaired) electrons. The monoisotopic (exact) mass is 919 g/mol. The number of aromatic nitrogens is 6. The van der Waals surface area contributed by atoms with Gasteiger partial charge in [0.1, 0.15) is 10.4 Å². The van der Waals surface area contributed by atoms with Crippen molar-refractivity contribution in [3.63, 3.8) is 0 Å². The normalized spacial score (nSPS) is 16.5. The van der Waals surface area contributed by atoms with Crippen LogP contribution in [0.3, 0.4) is 0 Å². The van der Waals surface area contributed by atoms with Crippen LogP contribution in [0.5, 0.6) is 0 Å². The lowest BCUT2D eigenvalue weighted by atomic mass is 9.98. The van der Waals surface area contributed by atoms with Gasteiger partial charge in [-0.25, -0.2) is 19.0 Å². The van der Waals surface area contributed by atoms with E-state index >= 15 is 0 Å². The number of anilines is 3. The fraction of sp³-hybridized carbons (Fsp3) is 0.447. The third-order valence-corrected chi connectivity index (χ3v) is 11.8. The molecule has 5 heterocycles. The van der Waals surface area contributed by atoms with E-state index in [-0.39, 0.29) is 11.7 Å². The van der Waals surface area contributed by atoms with Crippen LogP contribution in [-0.4, -0.2) is 101 Å². The van der Waals surface area contributed by atoms with Gasteiger partial charge in [0, 0.05) is 66.5 Å². The summed E-state index contributed by atoms with van der Waals surface area (Å²) < 4.78 is 4.27. The Labute approximate surface area is 376 Å². The van der Waals surface area contributed by atoms with Gasteiger partial charge in [-0.05, 0) is 137 Å². The van der Waals surface area contributed by atoms with Gasteiger partial charge in [-0.15, -0.1) is 5.10 Å². The second kappa shape index (κ2) is 18.0. The second-order valence-corrected chi connectivity index (χ2v) is 19.4. The summed E-state index contributed by atoms with van der Waals surface area (Å²) in [4.78, 5) is 34.2. The van der Waals surface area contributed by atoms with Crippen molar-refractivity contribution in [2.75, 3.05) is 42.1 Å². The van der Waals surface area contributed by atoms with Gasteiger partial charge in [0.05, 0.1) is 46.4 Å². The number of halogens is 1. The Bertz CT molecular complexity index is 2650. The molecule has 7 N–H and O–H groups in total. The van der Waals surface area contributed by atoms with Crippen LogP contribution in [0.25, 0.3) is 33.8 Å². The molecule has 0 bridgehead atoms. The number of benzene rings is 2. The highest BCUT2D eigenvalue weighted by atomic mass is 79.9. The Morgan fingerprint density at radius 2 is 1.33 bits per heavy atom. The van der Waals surface area contributed by atoms with Crippen molar-refractivity contribution in [2.45, 2.75) is 103 Å². The third-order valence-electron chi connectivity index (χ3n) is 11.4. The van der Waals surface area contributed by atoms with Gasteiger partial charge in [0.15, 0.2) is 17.1 Å². The Morgan fingerprint density at radius 3 is 1.86 bits per heavy atom. The fourth-order valence-electron chi connectivity index (χ4n) is 7.64. The first-order valence-corrected chi connectivity index (χ1v) is 22.7. The van der Waals surface area contributed by atoms with Gasteiger partial charge in [0.25, 0.3) is 5.91 Å². The number of imidazole rings is 2. The van der Waals surface area contributed by atoms with Crippen molar-refractivity contribution in [3.8, 4) is 22.5 Å². The highest BCUT2D eigenvalue weighted by Crippen LogP contribution is 2.35. The fourth-order valence-corrected chi connectivity index (χ4v) is 8.03. The molecular formula is C47H58BrN11O4. The number of aliphatic hydroxyl groups is 2. The molecule has 332 valence electrons. The topological polar surface area (TPSA) is 195 Å². The predicted octanol–water partition coefficient (Wildman–Crippen LogP) is 7.19. The average Bonchev–Trinajstić information content (AvgIpc) is 4.05. The minimum atomic E-state index is -0.868. The molecule has 1 aliphatic heterocycles. The number of rotatable bonds is 15. The zero-order valence-corrected chi connectivity index (χ0v) is 38.4. The summed E-state index contributed by atoms with van der Waals surface area (Å²) in [6.07, 6.45) is 9.75. The number of aryl methyl sites for hydroxylation is 2. The molecule has 2 aromatic carbocycles. The van der Waals surface area contributed by atoms with Gasteiger partial charge in [-0.1, -0.05) is 18.2 Å². The van der Waals surface area contributed by atoms with Crippen LogP contribution < -0.4 is 26.6 Å². The van der Waals surface area contributed by atoms with Crippen molar-refractivity contribution in [1.82, 2.24) is 39.8 Å². The number of fused-ring (bicyclic) bond motifs is 2. The summed E-state index contributed by atoms with van der Waals surface area (Å²) in [6, 6.07) is 16.2. The van der Waals surface area contributed by atoms with Gasteiger partial charge in [0.2, 0.25) is 0 Å². The van der Waals surface area contributed by atoms with Crippen molar-refractivity contribution >= 4 is 56.1 Å². The lowest BCUT2D eigenvalue weighted by Gasteiger charge is -2.20. The van der Waals surface area contributed by atoms with E-state index in [1.54, 1.807) is 44.6 Å². The molecule has 2 saturated carbocycles. The first-order valence-electron chi connectivity index (χ1n) is 21.9.